The quantitative estimate of drug-likeness (QED) is 0.377. The Bertz CT molecular complexity index is 1170. The third-order valence-electron chi connectivity index (χ3n) is 6.03. The van der Waals surface area contributed by atoms with E-state index >= 15 is 0 Å². The molecule has 0 aliphatic heterocycles. The van der Waals surface area contributed by atoms with Gasteiger partial charge in [0, 0.05) is 18.9 Å². The van der Waals surface area contributed by atoms with Crippen molar-refractivity contribution >= 4 is 18.0 Å². The van der Waals surface area contributed by atoms with Gasteiger partial charge in [-0.15, -0.1) is 0 Å². The number of carbonyl (C=O) groups excluding carboxylic acids is 2. The first-order valence-electron chi connectivity index (χ1n) is 11.3. The molecule has 1 aliphatic rings. The summed E-state index contributed by atoms with van der Waals surface area (Å²) in [6.07, 6.45) is -0.960. The van der Waals surface area contributed by atoms with E-state index < -0.39 is 36.7 Å². The average molecular weight is 475 g/mol. The Labute approximate surface area is 202 Å². The second kappa shape index (κ2) is 10.8. The minimum Gasteiger partial charge on any atom is -0.480 e. The Morgan fingerprint density at radius 2 is 1.40 bits per heavy atom. The highest BCUT2D eigenvalue weighted by molar-refractivity contribution is 5.90. The Balaban J connectivity index is 1.48. The molecule has 0 saturated heterocycles. The third-order valence-corrected chi connectivity index (χ3v) is 6.03. The van der Waals surface area contributed by atoms with Crippen molar-refractivity contribution in [3.8, 4) is 11.1 Å². The minimum atomic E-state index is -1.29. The van der Waals surface area contributed by atoms with Gasteiger partial charge in [0.15, 0.2) is 0 Å². The molecule has 3 aromatic carbocycles. The number of aliphatic hydroxyl groups is 1. The summed E-state index contributed by atoms with van der Waals surface area (Å²) in [6, 6.07) is 21.9. The van der Waals surface area contributed by atoms with Gasteiger partial charge in [-0.2, -0.15) is 0 Å². The lowest BCUT2D eigenvalue weighted by atomic mass is 9.98. The lowest BCUT2D eigenvalue weighted by molar-refractivity contribution is -0.142. The number of rotatable bonds is 9. The van der Waals surface area contributed by atoms with Gasteiger partial charge in [0.25, 0.3) is 0 Å². The molecule has 4 rings (SSSR count). The number of hydrogen-bond acceptors (Lipinski definition) is 5. The first kappa shape index (κ1) is 24.0. The van der Waals surface area contributed by atoms with E-state index in [2.05, 4.69) is 10.6 Å². The predicted octanol–water partition coefficient (Wildman–Crippen LogP) is 3.22. The molecule has 0 aromatic heterocycles. The molecule has 0 fully saturated rings. The van der Waals surface area contributed by atoms with Crippen LogP contribution in [0.15, 0.2) is 78.9 Å². The summed E-state index contributed by atoms with van der Waals surface area (Å²) in [5.41, 5.74) is 4.79. The molecule has 0 saturated carbocycles. The monoisotopic (exact) mass is 474 g/mol. The fourth-order valence-corrected chi connectivity index (χ4v) is 4.35. The van der Waals surface area contributed by atoms with Crippen molar-refractivity contribution in [1.29, 1.82) is 0 Å². The summed E-state index contributed by atoms with van der Waals surface area (Å²) in [7, 11) is 0. The number of aliphatic hydroxyl groups excluding tert-OH is 1. The maximum Gasteiger partial charge on any atom is 0.408 e. The molecule has 0 unspecified atom stereocenters. The van der Waals surface area contributed by atoms with E-state index in [1.165, 1.54) is 0 Å². The number of benzene rings is 3. The highest BCUT2D eigenvalue weighted by atomic mass is 16.5. The smallest absolute Gasteiger partial charge is 0.408 e. The summed E-state index contributed by atoms with van der Waals surface area (Å²) in [5, 5.41) is 23.4. The number of hydrogen-bond donors (Lipinski definition) is 4. The lowest BCUT2D eigenvalue weighted by Gasteiger charge is -2.22. The molecule has 8 heteroatoms. The van der Waals surface area contributed by atoms with Crippen LogP contribution in [0, 0.1) is 0 Å². The molecule has 1 aliphatic carbocycles. The molecule has 2 amide bonds. The highest BCUT2D eigenvalue weighted by Gasteiger charge is 2.31. The standard InChI is InChI=1S/C27H26N2O6/c30-15-14-23(26(32)33)28-25(31)24(17-8-2-1-3-9-17)29-27(34)35-16-22-20-12-6-4-10-18(20)19-11-5-7-13-21(19)22/h1-13,22-24,30H,14-16H2,(H,28,31)(H,29,34)(H,32,33)/t23-,24-/m0/s1. The average Bonchev–Trinajstić information content (AvgIpc) is 3.20. The summed E-state index contributed by atoms with van der Waals surface area (Å²) < 4.78 is 5.56. The molecule has 0 spiro atoms. The molecule has 3 aromatic rings. The molecule has 8 nitrogen and oxygen atoms in total. The fraction of sp³-hybridized carbons (Fsp3) is 0.222. The van der Waals surface area contributed by atoms with E-state index in [1.54, 1.807) is 30.3 Å². The van der Waals surface area contributed by atoms with Gasteiger partial charge in [-0.3, -0.25) is 4.79 Å². The van der Waals surface area contributed by atoms with Gasteiger partial charge in [0.1, 0.15) is 18.7 Å². The molecule has 0 bridgehead atoms. The summed E-state index contributed by atoms with van der Waals surface area (Å²) in [4.78, 5) is 37.1. The topological polar surface area (TPSA) is 125 Å². The number of ether oxygens (including phenoxy) is 1. The number of carboxylic acid groups (broad SMARTS) is 1. The van der Waals surface area contributed by atoms with Crippen molar-refractivity contribution in [3.05, 3.63) is 95.6 Å². The maximum absolute atomic E-state index is 12.9. The summed E-state index contributed by atoms with van der Waals surface area (Å²) >= 11 is 0. The van der Waals surface area contributed by atoms with Gasteiger partial charge in [-0.1, -0.05) is 78.9 Å². The minimum absolute atomic E-state index is 0.0747. The number of alkyl carbamates (subject to hydrolysis) is 1. The number of carboxylic acids is 1. The lowest BCUT2D eigenvalue weighted by Crippen LogP contribution is -2.47. The van der Waals surface area contributed by atoms with Crippen LogP contribution in [-0.4, -0.2) is 47.4 Å². The van der Waals surface area contributed by atoms with Crippen molar-refractivity contribution in [1.82, 2.24) is 10.6 Å². The van der Waals surface area contributed by atoms with Crippen molar-refractivity contribution in [2.75, 3.05) is 13.2 Å². The van der Waals surface area contributed by atoms with Crippen LogP contribution >= 0.6 is 0 Å². The van der Waals surface area contributed by atoms with E-state index in [-0.39, 0.29) is 18.9 Å². The van der Waals surface area contributed by atoms with E-state index in [9.17, 15) is 19.5 Å². The van der Waals surface area contributed by atoms with Crippen LogP contribution in [0.1, 0.15) is 35.1 Å². The summed E-state index contributed by atoms with van der Waals surface area (Å²) in [6.45, 7) is -0.335. The molecule has 35 heavy (non-hydrogen) atoms. The van der Waals surface area contributed by atoms with Crippen molar-refractivity contribution in [2.24, 2.45) is 0 Å². The first-order chi connectivity index (χ1) is 17.0. The number of amides is 2. The van der Waals surface area contributed by atoms with E-state index in [0.29, 0.717) is 5.56 Å². The third kappa shape index (κ3) is 5.33. The Kier molecular flexibility index (Phi) is 7.42. The molecular formula is C27H26N2O6. The van der Waals surface area contributed by atoms with Crippen molar-refractivity contribution in [3.63, 3.8) is 0 Å². The van der Waals surface area contributed by atoms with Crippen LogP contribution < -0.4 is 10.6 Å². The summed E-state index contributed by atoms with van der Waals surface area (Å²) in [5.74, 6) is -2.14. The molecular weight excluding hydrogens is 448 g/mol. The van der Waals surface area contributed by atoms with Crippen molar-refractivity contribution < 1.29 is 29.3 Å². The maximum atomic E-state index is 12.9. The second-order valence-electron chi connectivity index (χ2n) is 8.23. The first-order valence-corrected chi connectivity index (χ1v) is 11.3. The van der Waals surface area contributed by atoms with Crippen LogP contribution in [0.3, 0.4) is 0 Å². The zero-order valence-electron chi connectivity index (χ0n) is 18.9. The number of nitrogens with one attached hydrogen (secondary N) is 2. The van der Waals surface area contributed by atoms with Gasteiger partial charge in [-0.25, -0.2) is 9.59 Å². The fourth-order valence-electron chi connectivity index (χ4n) is 4.35. The molecule has 180 valence electrons. The zero-order chi connectivity index (χ0) is 24.8. The van der Waals surface area contributed by atoms with E-state index in [0.717, 1.165) is 22.3 Å². The van der Waals surface area contributed by atoms with Gasteiger partial charge >= 0.3 is 12.1 Å². The molecule has 2 atom stereocenters. The van der Waals surface area contributed by atoms with Crippen LogP contribution in [0.4, 0.5) is 4.79 Å². The van der Waals surface area contributed by atoms with Gasteiger partial charge < -0.3 is 25.6 Å². The number of aliphatic carboxylic acids is 1. The van der Waals surface area contributed by atoms with Crippen LogP contribution in [0.2, 0.25) is 0 Å². The number of fused-ring (bicyclic) bond motifs is 3. The molecule has 0 heterocycles. The normalized spacial score (nSPS) is 13.7. The predicted molar refractivity (Wildman–Crippen MR) is 129 cm³/mol. The number of carbonyl (C=O) groups is 3. The Hall–Kier alpha value is -4.17. The zero-order valence-corrected chi connectivity index (χ0v) is 18.9. The van der Waals surface area contributed by atoms with Gasteiger partial charge in [0.05, 0.1) is 0 Å². The Morgan fingerprint density at radius 1 is 0.829 bits per heavy atom. The largest absolute Gasteiger partial charge is 0.480 e. The van der Waals surface area contributed by atoms with Gasteiger partial charge in [-0.05, 0) is 27.8 Å². The SMILES string of the molecule is O=C(N[C@H](C(=O)N[C@@H](CCO)C(=O)O)c1ccccc1)OCC1c2ccccc2-c2ccccc21. The van der Waals surface area contributed by atoms with Gasteiger partial charge in [0.2, 0.25) is 5.91 Å². The van der Waals surface area contributed by atoms with E-state index in [4.69, 9.17) is 9.84 Å². The Morgan fingerprint density at radius 3 is 1.97 bits per heavy atom. The van der Waals surface area contributed by atoms with Crippen molar-refractivity contribution in [2.45, 2.75) is 24.4 Å². The van der Waals surface area contributed by atoms with Crippen LogP contribution in [0.25, 0.3) is 11.1 Å². The highest BCUT2D eigenvalue weighted by Crippen LogP contribution is 2.44. The molecule has 0 radical (unpaired) electrons. The molecule has 4 N–H and O–H groups in total. The van der Waals surface area contributed by atoms with Crippen LogP contribution in [0.5, 0.6) is 0 Å². The van der Waals surface area contributed by atoms with Crippen LogP contribution in [-0.2, 0) is 14.3 Å². The second-order valence-corrected chi connectivity index (χ2v) is 8.23. The van der Waals surface area contributed by atoms with E-state index in [1.807, 2.05) is 48.5 Å².